The van der Waals surface area contributed by atoms with E-state index in [4.69, 9.17) is 14.2 Å². The van der Waals surface area contributed by atoms with Gasteiger partial charge < -0.3 is 19.5 Å². The van der Waals surface area contributed by atoms with Crippen molar-refractivity contribution in [1.82, 2.24) is 4.98 Å². The lowest BCUT2D eigenvalue weighted by Crippen LogP contribution is -1.98. The lowest BCUT2D eigenvalue weighted by molar-refractivity contribution is 0.327. The van der Waals surface area contributed by atoms with E-state index in [0.29, 0.717) is 17.2 Å². The molecule has 1 aromatic carbocycles. The molecule has 0 aliphatic heterocycles. The second-order valence-electron chi connectivity index (χ2n) is 3.94. The van der Waals surface area contributed by atoms with Crippen molar-refractivity contribution in [3.05, 3.63) is 6.07 Å². The zero-order valence-corrected chi connectivity index (χ0v) is 12.4. The third-order valence-corrected chi connectivity index (χ3v) is 3.68. The Balaban J connectivity index is 2.56. The van der Waals surface area contributed by atoms with Gasteiger partial charge in [-0.3, -0.25) is 0 Å². The molecule has 1 heterocycles. The highest BCUT2D eigenvalue weighted by Gasteiger charge is 2.19. The molecule has 19 heavy (non-hydrogen) atoms. The standard InChI is InChI=1S/C13H18N2O3S/c1-5-6-14-13-15-10-9(19-13)7-8(16-2)11(17-3)12(10)18-4/h7H,5-6H2,1-4H3,(H,14,15). The second-order valence-corrected chi connectivity index (χ2v) is 4.97. The van der Waals surface area contributed by atoms with Gasteiger partial charge in [0.15, 0.2) is 16.6 Å². The van der Waals surface area contributed by atoms with Crippen molar-refractivity contribution in [2.45, 2.75) is 13.3 Å². The fourth-order valence-electron chi connectivity index (χ4n) is 1.84. The van der Waals surface area contributed by atoms with Crippen molar-refractivity contribution >= 4 is 26.7 Å². The Hall–Kier alpha value is -1.69. The Bertz CT molecular complexity index is 569. The van der Waals surface area contributed by atoms with Crippen molar-refractivity contribution in [3.63, 3.8) is 0 Å². The van der Waals surface area contributed by atoms with Gasteiger partial charge in [-0.2, -0.15) is 0 Å². The van der Waals surface area contributed by atoms with Crippen molar-refractivity contribution in [1.29, 1.82) is 0 Å². The Kier molecular flexibility index (Phi) is 4.31. The molecular formula is C13H18N2O3S. The predicted octanol–water partition coefficient (Wildman–Crippen LogP) is 3.14. The van der Waals surface area contributed by atoms with Crippen molar-refractivity contribution in [3.8, 4) is 17.2 Å². The van der Waals surface area contributed by atoms with E-state index in [9.17, 15) is 0 Å². The van der Waals surface area contributed by atoms with E-state index in [-0.39, 0.29) is 0 Å². The van der Waals surface area contributed by atoms with Crippen LogP contribution in [0.5, 0.6) is 17.2 Å². The number of nitrogens with zero attached hydrogens (tertiary/aromatic N) is 1. The van der Waals surface area contributed by atoms with Gasteiger partial charge in [0.2, 0.25) is 5.75 Å². The normalized spacial score (nSPS) is 10.5. The van der Waals surface area contributed by atoms with Gasteiger partial charge >= 0.3 is 0 Å². The average Bonchev–Trinajstić information content (AvgIpc) is 2.85. The highest BCUT2D eigenvalue weighted by molar-refractivity contribution is 7.22. The summed E-state index contributed by atoms with van der Waals surface area (Å²) in [6, 6.07) is 1.92. The van der Waals surface area contributed by atoms with Gasteiger partial charge in [0, 0.05) is 12.6 Å². The lowest BCUT2D eigenvalue weighted by atomic mass is 10.2. The van der Waals surface area contributed by atoms with E-state index in [0.717, 1.165) is 28.3 Å². The minimum absolute atomic E-state index is 0.574. The maximum atomic E-state index is 5.42. The third-order valence-electron chi connectivity index (χ3n) is 2.72. The van der Waals surface area contributed by atoms with Crippen LogP contribution in [-0.4, -0.2) is 32.9 Å². The van der Waals surface area contributed by atoms with Crippen LogP contribution in [0.2, 0.25) is 0 Å². The Labute approximate surface area is 116 Å². The molecule has 0 amide bonds. The number of nitrogens with one attached hydrogen (secondary N) is 1. The van der Waals surface area contributed by atoms with E-state index < -0.39 is 0 Å². The molecule has 0 bridgehead atoms. The summed E-state index contributed by atoms with van der Waals surface area (Å²) < 4.78 is 17.1. The fraction of sp³-hybridized carbons (Fsp3) is 0.462. The van der Waals surface area contributed by atoms with Gasteiger partial charge in [-0.15, -0.1) is 0 Å². The zero-order valence-electron chi connectivity index (χ0n) is 11.6. The number of thiazole rings is 1. The van der Waals surface area contributed by atoms with Crippen LogP contribution in [-0.2, 0) is 0 Å². The first kappa shape index (κ1) is 13.7. The summed E-state index contributed by atoms with van der Waals surface area (Å²) in [5, 5.41) is 4.16. The summed E-state index contributed by atoms with van der Waals surface area (Å²) in [7, 11) is 4.81. The van der Waals surface area contributed by atoms with Gasteiger partial charge in [0.25, 0.3) is 0 Å². The molecule has 6 heteroatoms. The second kappa shape index (κ2) is 5.97. The van der Waals surface area contributed by atoms with Gasteiger partial charge in [-0.05, 0) is 6.42 Å². The Morgan fingerprint density at radius 2 is 1.89 bits per heavy atom. The molecule has 1 N–H and O–H groups in total. The molecule has 0 saturated carbocycles. The first-order chi connectivity index (χ1) is 9.24. The van der Waals surface area contributed by atoms with Crippen LogP contribution < -0.4 is 19.5 Å². The summed E-state index contributed by atoms with van der Waals surface area (Å²) in [5.41, 5.74) is 0.795. The lowest BCUT2D eigenvalue weighted by Gasteiger charge is -2.11. The number of rotatable bonds is 6. The summed E-state index contributed by atoms with van der Waals surface area (Å²) in [6.07, 6.45) is 1.06. The number of benzene rings is 1. The minimum Gasteiger partial charge on any atom is -0.493 e. The number of hydrogen-bond donors (Lipinski definition) is 1. The molecule has 1 aromatic heterocycles. The number of ether oxygens (including phenoxy) is 3. The monoisotopic (exact) mass is 282 g/mol. The van der Waals surface area contributed by atoms with Crippen molar-refractivity contribution in [2.24, 2.45) is 0 Å². The molecule has 0 unspecified atom stereocenters. The molecule has 2 rings (SSSR count). The van der Waals surface area contributed by atoms with Crippen LogP contribution in [0.4, 0.5) is 5.13 Å². The number of anilines is 1. The van der Waals surface area contributed by atoms with Crippen LogP contribution in [0.3, 0.4) is 0 Å². The minimum atomic E-state index is 0.574. The van der Waals surface area contributed by atoms with Crippen LogP contribution in [0, 0.1) is 0 Å². The van der Waals surface area contributed by atoms with Crippen LogP contribution in [0.15, 0.2) is 6.07 Å². The third kappa shape index (κ3) is 2.53. The summed E-state index contributed by atoms with van der Waals surface area (Å²) >= 11 is 1.58. The molecule has 104 valence electrons. The molecule has 5 nitrogen and oxygen atoms in total. The molecule has 0 aliphatic rings. The first-order valence-corrected chi connectivity index (χ1v) is 6.90. The van der Waals surface area contributed by atoms with E-state index in [1.54, 1.807) is 32.7 Å². The SMILES string of the molecule is CCCNc1nc2c(OC)c(OC)c(OC)cc2s1. The van der Waals surface area contributed by atoms with E-state index in [1.807, 2.05) is 6.07 Å². The quantitative estimate of drug-likeness (QED) is 0.882. The van der Waals surface area contributed by atoms with Crippen molar-refractivity contribution in [2.75, 3.05) is 33.2 Å². The maximum absolute atomic E-state index is 5.42. The molecule has 2 aromatic rings. The van der Waals surface area contributed by atoms with Gasteiger partial charge in [-0.25, -0.2) is 4.98 Å². The van der Waals surface area contributed by atoms with Crippen LogP contribution >= 0.6 is 11.3 Å². The maximum Gasteiger partial charge on any atom is 0.205 e. The Morgan fingerprint density at radius 1 is 1.16 bits per heavy atom. The molecule has 0 saturated heterocycles. The van der Waals surface area contributed by atoms with E-state index >= 15 is 0 Å². The van der Waals surface area contributed by atoms with Crippen LogP contribution in [0.25, 0.3) is 10.2 Å². The largest absolute Gasteiger partial charge is 0.493 e. The molecular weight excluding hydrogens is 264 g/mol. The number of fused-ring (bicyclic) bond motifs is 1. The summed E-state index contributed by atoms with van der Waals surface area (Å²) in [5.74, 6) is 1.83. The first-order valence-electron chi connectivity index (χ1n) is 6.08. The number of aromatic nitrogens is 1. The molecule has 0 aliphatic carbocycles. The highest BCUT2D eigenvalue weighted by atomic mass is 32.1. The summed E-state index contributed by atoms with van der Waals surface area (Å²) in [6.45, 7) is 3.02. The smallest absolute Gasteiger partial charge is 0.205 e. The number of methoxy groups -OCH3 is 3. The van der Waals surface area contributed by atoms with Gasteiger partial charge in [0.1, 0.15) is 5.52 Å². The summed E-state index contributed by atoms with van der Waals surface area (Å²) in [4.78, 5) is 4.55. The molecule has 0 radical (unpaired) electrons. The molecule has 0 fully saturated rings. The molecule has 0 spiro atoms. The fourth-order valence-corrected chi connectivity index (χ4v) is 2.76. The highest BCUT2D eigenvalue weighted by Crippen LogP contribution is 2.45. The van der Waals surface area contributed by atoms with Crippen molar-refractivity contribution < 1.29 is 14.2 Å². The Morgan fingerprint density at radius 3 is 2.47 bits per heavy atom. The van der Waals surface area contributed by atoms with E-state index in [2.05, 4.69) is 17.2 Å². The molecule has 0 atom stereocenters. The van der Waals surface area contributed by atoms with E-state index in [1.165, 1.54) is 0 Å². The number of hydrogen-bond acceptors (Lipinski definition) is 6. The van der Waals surface area contributed by atoms with Gasteiger partial charge in [0.05, 0.1) is 26.0 Å². The average molecular weight is 282 g/mol. The van der Waals surface area contributed by atoms with Gasteiger partial charge in [-0.1, -0.05) is 18.3 Å². The predicted molar refractivity (Wildman–Crippen MR) is 78.1 cm³/mol. The topological polar surface area (TPSA) is 52.6 Å². The van der Waals surface area contributed by atoms with Crippen LogP contribution in [0.1, 0.15) is 13.3 Å². The zero-order chi connectivity index (χ0) is 13.8.